The van der Waals surface area contributed by atoms with Gasteiger partial charge in [0, 0.05) is 25.4 Å². The maximum atomic E-state index is 12.5. The minimum atomic E-state index is -1.13. The Morgan fingerprint density at radius 2 is 1.86 bits per heavy atom. The van der Waals surface area contributed by atoms with Crippen molar-refractivity contribution < 1.29 is 14.7 Å². The first-order chi connectivity index (χ1) is 9.89. The average Bonchev–Trinajstić information content (AvgIpc) is 2.81. The van der Waals surface area contributed by atoms with E-state index in [0.29, 0.717) is 19.4 Å². The van der Waals surface area contributed by atoms with Crippen LogP contribution in [0.25, 0.3) is 0 Å². The highest BCUT2D eigenvalue weighted by molar-refractivity contribution is 6.12. The first-order valence-electron chi connectivity index (χ1n) is 7.81. The summed E-state index contributed by atoms with van der Waals surface area (Å²) in [6.07, 6.45) is 11.0. The summed E-state index contributed by atoms with van der Waals surface area (Å²) in [7, 11) is 1.74. The molecule has 0 radical (unpaired) electrons. The number of piperidine rings is 1. The standard InChI is InChI=1S/C17H23NO3/c1-3-17(21)7-4-6-15(17)8-10-16(11-9-15)13(19)5-12-18(2)14(16)20/h8-11,21H,3-7,12H2,1-2H3. The van der Waals surface area contributed by atoms with Crippen LogP contribution in [0.3, 0.4) is 0 Å². The predicted octanol–water partition coefficient (Wildman–Crippen LogP) is 1.84. The van der Waals surface area contributed by atoms with Crippen LogP contribution >= 0.6 is 0 Å². The van der Waals surface area contributed by atoms with Crippen molar-refractivity contribution in [3.63, 3.8) is 0 Å². The summed E-state index contributed by atoms with van der Waals surface area (Å²) in [5.41, 5.74) is -2.30. The van der Waals surface area contributed by atoms with Crippen molar-refractivity contribution in [3.05, 3.63) is 24.3 Å². The van der Waals surface area contributed by atoms with Crippen molar-refractivity contribution in [3.8, 4) is 0 Å². The summed E-state index contributed by atoms with van der Waals surface area (Å²) in [6, 6.07) is 0. The molecule has 4 nitrogen and oxygen atoms in total. The zero-order valence-corrected chi connectivity index (χ0v) is 12.8. The third kappa shape index (κ3) is 1.78. The van der Waals surface area contributed by atoms with Crippen LogP contribution in [-0.4, -0.2) is 40.9 Å². The Morgan fingerprint density at radius 1 is 1.19 bits per heavy atom. The number of likely N-dealkylation sites (tertiary alicyclic amines) is 1. The molecule has 1 amide bonds. The van der Waals surface area contributed by atoms with Crippen molar-refractivity contribution in [2.75, 3.05) is 13.6 Å². The van der Waals surface area contributed by atoms with Crippen LogP contribution in [0.5, 0.6) is 0 Å². The van der Waals surface area contributed by atoms with Crippen LogP contribution in [0.1, 0.15) is 39.0 Å². The molecular formula is C17H23NO3. The Balaban J connectivity index is 1.99. The van der Waals surface area contributed by atoms with Gasteiger partial charge < -0.3 is 10.0 Å². The quantitative estimate of drug-likeness (QED) is 0.592. The normalized spacial score (nSPS) is 42.5. The average molecular weight is 289 g/mol. The summed E-state index contributed by atoms with van der Waals surface area (Å²) in [5.74, 6) is -0.190. The molecule has 1 aliphatic heterocycles. The van der Waals surface area contributed by atoms with Crippen LogP contribution in [0, 0.1) is 10.8 Å². The maximum absolute atomic E-state index is 12.5. The van der Waals surface area contributed by atoms with Crippen LogP contribution in [0.2, 0.25) is 0 Å². The van der Waals surface area contributed by atoms with E-state index in [-0.39, 0.29) is 11.7 Å². The second-order valence-electron chi connectivity index (χ2n) is 6.71. The molecule has 114 valence electrons. The van der Waals surface area contributed by atoms with Gasteiger partial charge in [-0.3, -0.25) is 9.59 Å². The fourth-order valence-electron chi connectivity index (χ4n) is 4.13. The molecule has 1 saturated carbocycles. The van der Waals surface area contributed by atoms with E-state index in [9.17, 15) is 14.7 Å². The summed E-state index contributed by atoms with van der Waals surface area (Å²) in [4.78, 5) is 26.5. The SMILES string of the molecule is CCC1(O)CCCC12C=CC1(C=C2)C(=O)CCN(C)C1=O. The van der Waals surface area contributed by atoms with E-state index in [1.807, 2.05) is 19.1 Å². The van der Waals surface area contributed by atoms with Gasteiger partial charge in [-0.2, -0.15) is 0 Å². The molecule has 0 aromatic rings. The Morgan fingerprint density at radius 3 is 2.48 bits per heavy atom. The van der Waals surface area contributed by atoms with E-state index in [1.165, 1.54) is 0 Å². The monoisotopic (exact) mass is 289 g/mol. The van der Waals surface area contributed by atoms with Gasteiger partial charge in [0.1, 0.15) is 5.41 Å². The van der Waals surface area contributed by atoms with Gasteiger partial charge in [0.25, 0.3) is 0 Å². The molecular weight excluding hydrogens is 266 g/mol. The molecule has 1 heterocycles. The highest BCUT2D eigenvalue weighted by Crippen LogP contribution is 2.53. The van der Waals surface area contributed by atoms with Gasteiger partial charge in [-0.15, -0.1) is 0 Å². The topological polar surface area (TPSA) is 57.6 Å². The molecule has 1 atom stereocenters. The van der Waals surface area contributed by atoms with Gasteiger partial charge in [0.05, 0.1) is 5.60 Å². The molecule has 2 spiro atoms. The Hall–Kier alpha value is -1.42. The molecule has 0 aromatic carbocycles. The van der Waals surface area contributed by atoms with Crippen LogP contribution in [0.4, 0.5) is 0 Å². The number of carbonyl (C=O) groups excluding carboxylic acids is 2. The van der Waals surface area contributed by atoms with Crippen molar-refractivity contribution in [2.45, 2.75) is 44.6 Å². The molecule has 3 rings (SSSR count). The summed E-state index contributed by atoms with van der Waals surface area (Å²) >= 11 is 0. The summed E-state index contributed by atoms with van der Waals surface area (Å²) in [5, 5.41) is 10.9. The number of rotatable bonds is 1. The molecule has 2 aliphatic carbocycles. The van der Waals surface area contributed by atoms with Crippen molar-refractivity contribution in [1.82, 2.24) is 4.90 Å². The third-order valence-corrected chi connectivity index (χ3v) is 5.76. The number of nitrogens with zero attached hydrogens (tertiary/aromatic N) is 1. The van der Waals surface area contributed by atoms with E-state index in [2.05, 4.69) is 0 Å². The van der Waals surface area contributed by atoms with Crippen LogP contribution in [0.15, 0.2) is 24.3 Å². The van der Waals surface area contributed by atoms with Crippen molar-refractivity contribution >= 4 is 11.7 Å². The minimum absolute atomic E-state index is 0.0361. The molecule has 0 aromatic heterocycles. The van der Waals surface area contributed by atoms with Gasteiger partial charge in [-0.05, 0) is 25.7 Å². The fourth-order valence-corrected chi connectivity index (χ4v) is 4.13. The lowest BCUT2D eigenvalue weighted by Gasteiger charge is -2.43. The van der Waals surface area contributed by atoms with E-state index < -0.39 is 16.4 Å². The zero-order valence-electron chi connectivity index (χ0n) is 12.8. The number of aliphatic hydroxyl groups is 1. The number of hydrogen-bond acceptors (Lipinski definition) is 3. The Kier molecular flexibility index (Phi) is 3.14. The first kappa shape index (κ1) is 14.5. The molecule has 4 heteroatoms. The molecule has 1 unspecified atom stereocenters. The second kappa shape index (κ2) is 4.54. The first-order valence-corrected chi connectivity index (χ1v) is 7.81. The van der Waals surface area contributed by atoms with Crippen molar-refractivity contribution in [1.29, 1.82) is 0 Å². The van der Waals surface area contributed by atoms with E-state index >= 15 is 0 Å². The summed E-state index contributed by atoms with van der Waals surface area (Å²) < 4.78 is 0. The number of amides is 1. The number of carbonyl (C=O) groups is 2. The van der Waals surface area contributed by atoms with Gasteiger partial charge in [0.15, 0.2) is 5.78 Å². The van der Waals surface area contributed by atoms with Crippen LogP contribution < -0.4 is 0 Å². The van der Waals surface area contributed by atoms with E-state index in [0.717, 1.165) is 19.3 Å². The number of Topliss-reactive ketones (excluding diaryl/α,β-unsaturated/α-hetero) is 1. The minimum Gasteiger partial charge on any atom is -0.389 e. The number of ketones is 1. The van der Waals surface area contributed by atoms with Gasteiger partial charge in [-0.25, -0.2) is 0 Å². The molecule has 2 fully saturated rings. The molecule has 0 bridgehead atoms. The molecule has 3 aliphatic rings. The van der Waals surface area contributed by atoms with Gasteiger partial charge in [0.2, 0.25) is 5.91 Å². The highest BCUT2D eigenvalue weighted by atomic mass is 16.3. The lowest BCUT2D eigenvalue weighted by atomic mass is 9.64. The van der Waals surface area contributed by atoms with Crippen molar-refractivity contribution in [2.24, 2.45) is 10.8 Å². The zero-order chi connectivity index (χ0) is 15.3. The molecule has 21 heavy (non-hydrogen) atoms. The largest absolute Gasteiger partial charge is 0.389 e. The highest BCUT2D eigenvalue weighted by Gasteiger charge is 2.54. The Bertz CT molecular complexity index is 534. The smallest absolute Gasteiger partial charge is 0.243 e. The van der Waals surface area contributed by atoms with Crippen LogP contribution in [-0.2, 0) is 9.59 Å². The summed E-state index contributed by atoms with van der Waals surface area (Å²) in [6.45, 7) is 2.48. The van der Waals surface area contributed by atoms with Gasteiger partial charge >= 0.3 is 0 Å². The lowest BCUT2D eigenvalue weighted by molar-refractivity contribution is -0.147. The second-order valence-corrected chi connectivity index (χ2v) is 6.71. The Labute approximate surface area is 125 Å². The third-order valence-electron chi connectivity index (χ3n) is 5.76. The lowest BCUT2D eigenvalue weighted by Crippen LogP contribution is -2.53. The maximum Gasteiger partial charge on any atom is 0.243 e. The van der Waals surface area contributed by atoms with Gasteiger partial charge in [-0.1, -0.05) is 31.2 Å². The van der Waals surface area contributed by atoms with E-state index in [4.69, 9.17) is 0 Å². The van der Waals surface area contributed by atoms with E-state index in [1.54, 1.807) is 24.1 Å². The predicted molar refractivity (Wildman–Crippen MR) is 79.5 cm³/mol. The molecule has 1 N–H and O–H groups in total. The number of hydrogen-bond donors (Lipinski definition) is 1. The molecule has 1 saturated heterocycles. The fraction of sp³-hybridized carbons (Fsp3) is 0.647.